The topological polar surface area (TPSA) is 0 Å². The van der Waals surface area contributed by atoms with Crippen molar-refractivity contribution in [1.29, 1.82) is 0 Å². The molecule has 1 heterocycles. The average molecular weight is 445 g/mol. The molecule has 0 aliphatic rings. The van der Waals surface area contributed by atoms with E-state index in [9.17, 15) is 0 Å². The summed E-state index contributed by atoms with van der Waals surface area (Å²) in [5, 5.41) is 13.5. The maximum atomic E-state index is 2.44. The van der Waals surface area contributed by atoms with E-state index in [1.165, 1.54) is 67.9 Å². The molecule has 0 saturated heterocycles. The molecule has 0 radical (unpaired) electrons. The molecule has 0 bridgehead atoms. The van der Waals surface area contributed by atoms with Crippen LogP contribution in [0.2, 0.25) is 0 Å². The summed E-state index contributed by atoms with van der Waals surface area (Å²) in [6, 6.07) is 34.5. The Hall–Kier alpha value is -3.12. The Bertz CT molecular complexity index is 1800. The summed E-state index contributed by atoms with van der Waals surface area (Å²) in [4.78, 5) is 0. The molecule has 30 heavy (non-hydrogen) atoms. The second kappa shape index (κ2) is 5.95. The third-order valence-electron chi connectivity index (χ3n) is 6.36. The second-order valence-electron chi connectivity index (χ2n) is 8.40. The molecule has 0 fully saturated rings. The van der Waals surface area contributed by atoms with Gasteiger partial charge in [-0.15, -0.1) is 0 Å². The normalized spacial score (nSPS) is 12.2. The fourth-order valence-corrected chi connectivity index (χ4v) is 7.27. The van der Waals surface area contributed by atoms with Crippen LogP contribution in [-0.2, 0) is 0 Å². The summed E-state index contributed by atoms with van der Waals surface area (Å²) in [6.45, 7) is 2.17. The molecular weight excluding hydrogens is 427 g/mol. The van der Waals surface area contributed by atoms with Crippen LogP contribution in [0.1, 0.15) is 5.56 Å². The minimum absolute atomic E-state index is 0.361. The number of aryl methyl sites for hydroxylation is 1. The Morgan fingerprint density at radius 2 is 0.900 bits per heavy atom. The van der Waals surface area contributed by atoms with Gasteiger partial charge < -0.3 is 0 Å². The Labute approximate surface area is 180 Å². The van der Waals surface area contributed by atoms with Crippen molar-refractivity contribution in [3.63, 3.8) is 0 Å². The number of hydrogen-bond acceptors (Lipinski definition) is 0. The molecule has 7 rings (SSSR count). The predicted molar refractivity (Wildman–Crippen MR) is 133 cm³/mol. The van der Waals surface area contributed by atoms with E-state index in [0.717, 1.165) is 0 Å². The molecule has 1 aromatic heterocycles. The Morgan fingerprint density at radius 1 is 0.433 bits per heavy atom. The van der Waals surface area contributed by atoms with Crippen molar-refractivity contribution >= 4 is 76.9 Å². The van der Waals surface area contributed by atoms with Crippen LogP contribution in [0.15, 0.2) is 91.0 Å². The molecule has 0 amide bonds. The van der Waals surface area contributed by atoms with Crippen LogP contribution in [0.5, 0.6) is 0 Å². The van der Waals surface area contributed by atoms with Gasteiger partial charge in [-0.3, -0.25) is 0 Å². The van der Waals surface area contributed by atoms with E-state index in [4.69, 9.17) is 0 Å². The van der Waals surface area contributed by atoms with Crippen LogP contribution in [-0.4, -0.2) is 14.5 Å². The summed E-state index contributed by atoms with van der Waals surface area (Å²) in [6.07, 6.45) is 0. The van der Waals surface area contributed by atoms with Crippen LogP contribution < -0.4 is 0 Å². The van der Waals surface area contributed by atoms with Gasteiger partial charge in [0.1, 0.15) is 0 Å². The first kappa shape index (κ1) is 16.7. The summed E-state index contributed by atoms with van der Waals surface area (Å²) in [5.41, 5.74) is 1.32. The summed E-state index contributed by atoms with van der Waals surface area (Å²) < 4.78 is 3.02. The van der Waals surface area contributed by atoms with E-state index >= 15 is 0 Å². The number of benzene rings is 6. The fourth-order valence-electron chi connectivity index (χ4n) is 4.83. The first-order valence-corrected chi connectivity index (χ1v) is 12.1. The quantitative estimate of drug-likeness (QED) is 0.164. The van der Waals surface area contributed by atoms with Gasteiger partial charge in [-0.05, 0) is 0 Å². The molecule has 6 aromatic carbocycles. The SMILES string of the molecule is Cc1ccc2cc3cc4c(cc3cc2c1)[se]c1cc2cc3ccccc3cc2cc14. The minimum atomic E-state index is 0.361. The molecule has 0 aliphatic heterocycles. The standard InChI is InChI=1S/C29H18Se/c1-17-6-7-20-11-23-14-27-26-13-22-9-18-4-2-3-5-19(18)10-24(22)15-28(26)30-29(27)16-25(23)12-21(20)8-17/h2-16H,1H3. The summed E-state index contributed by atoms with van der Waals surface area (Å²) in [7, 11) is 0. The third-order valence-corrected chi connectivity index (χ3v) is 8.70. The van der Waals surface area contributed by atoms with E-state index in [1.54, 1.807) is 0 Å². The first-order valence-electron chi connectivity index (χ1n) is 10.3. The van der Waals surface area contributed by atoms with Gasteiger partial charge in [-0.2, -0.15) is 0 Å². The van der Waals surface area contributed by atoms with Gasteiger partial charge in [0.2, 0.25) is 0 Å². The van der Waals surface area contributed by atoms with Gasteiger partial charge in [0.25, 0.3) is 0 Å². The predicted octanol–water partition coefficient (Wildman–Crippen LogP) is 7.97. The van der Waals surface area contributed by atoms with Crippen LogP contribution in [0.3, 0.4) is 0 Å². The van der Waals surface area contributed by atoms with Crippen molar-refractivity contribution in [2.24, 2.45) is 0 Å². The van der Waals surface area contributed by atoms with Crippen LogP contribution in [0.25, 0.3) is 62.4 Å². The molecular formula is C29H18Se. The Kier molecular flexibility index (Phi) is 3.30. The maximum absolute atomic E-state index is 2.44. The van der Waals surface area contributed by atoms with Crippen molar-refractivity contribution in [3.8, 4) is 0 Å². The number of fused-ring (bicyclic) bond motifs is 7. The van der Waals surface area contributed by atoms with Gasteiger partial charge in [0.05, 0.1) is 0 Å². The third kappa shape index (κ3) is 2.40. The van der Waals surface area contributed by atoms with Crippen LogP contribution in [0.4, 0.5) is 0 Å². The van der Waals surface area contributed by atoms with Gasteiger partial charge in [0.15, 0.2) is 0 Å². The summed E-state index contributed by atoms with van der Waals surface area (Å²) >= 11 is 0.361. The molecule has 0 spiro atoms. The molecule has 0 N–H and O–H groups in total. The zero-order valence-corrected chi connectivity index (χ0v) is 18.3. The first-order chi connectivity index (χ1) is 14.7. The van der Waals surface area contributed by atoms with Crippen molar-refractivity contribution < 1.29 is 0 Å². The van der Waals surface area contributed by atoms with Crippen LogP contribution >= 0.6 is 0 Å². The average Bonchev–Trinajstić information content (AvgIpc) is 3.09. The Morgan fingerprint density at radius 3 is 1.50 bits per heavy atom. The zero-order valence-electron chi connectivity index (χ0n) is 16.6. The fraction of sp³-hybridized carbons (Fsp3) is 0.0345. The van der Waals surface area contributed by atoms with E-state index in [-0.39, 0.29) is 0 Å². The monoisotopic (exact) mass is 446 g/mol. The molecule has 140 valence electrons. The van der Waals surface area contributed by atoms with E-state index in [2.05, 4.69) is 97.9 Å². The molecule has 0 saturated carbocycles. The van der Waals surface area contributed by atoms with E-state index in [0.29, 0.717) is 14.5 Å². The molecule has 0 aliphatic carbocycles. The van der Waals surface area contributed by atoms with Gasteiger partial charge in [0, 0.05) is 0 Å². The number of rotatable bonds is 0. The Balaban J connectivity index is 1.57. The number of hydrogen-bond donors (Lipinski definition) is 0. The summed E-state index contributed by atoms with van der Waals surface area (Å²) in [5.74, 6) is 0. The molecule has 1 heteroatoms. The van der Waals surface area contributed by atoms with Crippen LogP contribution in [0, 0.1) is 6.92 Å². The molecule has 0 nitrogen and oxygen atoms in total. The molecule has 0 atom stereocenters. The zero-order chi connectivity index (χ0) is 19.8. The molecule has 7 aromatic rings. The van der Waals surface area contributed by atoms with Crippen molar-refractivity contribution in [2.45, 2.75) is 6.92 Å². The van der Waals surface area contributed by atoms with Crippen molar-refractivity contribution in [1.82, 2.24) is 0 Å². The van der Waals surface area contributed by atoms with E-state index in [1.807, 2.05) is 0 Å². The second-order valence-corrected chi connectivity index (χ2v) is 10.7. The van der Waals surface area contributed by atoms with Gasteiger partial charge >= 0.3 is 180 Å². The van der Waals surface area contributed by atoms with E-state index < -0.39 is 0 Å². The van der Waals surface area contributed by atoms with Gasteiger partial charge in [-0.25, -0.2) is 0 Å². The van der Waals surface area contributed by atoms with Crippen molar-refractivity contribution in [2.75, 3.05) is 0 Å². The molecule has 0 unspecified atom stereocenters. The van der Waals surface area contributed by atoms with Gasteiger partial charge in [-0.1, -0.05) is 0 Å². The van der Waals surface area contributed by atoms with Crippen molar-refractivity contribution in [3.05, 3.63) is 96.6 Å².